The summed E-state index contributed by atoms with van der Waals surface area (Å²) >= 11 is 22.5. The maximum absolute atomic E-state index is 12.8. The normalized spacial score (nSPS) is 10.7. The van der Waals surface area contributed by atoms with Crippen molar-refractivity contribution in [2.24, 2.45) is 11.6 Å². The molecule has 0 unspecified atom stereocenters. The number of amides is 4. The predicted molar refractivity (Wildman–Crippen MR) is 527 cm³/mol. The Bertz CT molecular complexity index is 6060. The van der Waals surface area contributed by atoms with Crippen LogP contribution in [0.25, 0.3) is 45.6 Å². The van der Waals surface area contributed by atoms with Gasteiger partial charge in [-0.3, -0.25) is 24.5 Å². The van der Waals surface area contributed by atoms with E-state index in [1.807, 2.05) is 131 Å². The summed E-state index contributed by atoms with van der Waals surface area (Å²) < 4.78 is 65.9. The monoisotopic (exact) mass is 2000 g/mol. The third-order valence-electron chi connectivity index (χ3n) is 18.5. The zero-order chi connectivity index (χ0) is 104. The summed E-state index contributed by atoms with van der Waals surface area (Å²) in [5, 5.41) is 56.0. The first-order chi connectivity index (χ1) is 66.1. The smallest absolute Gasteiger partial charge is 0.410 e. The van der Waals surface area contributed by atoms with Crippen molar-refractivity contribution in [3.8, 4) is 86.1 Å². The van der Waals surface area contributed by atoms with Crippen molar-refractivity contribution in [3.63, 3.8) is 0 Å². The number of carbonyl (C=O) groups excluding carboxylic acids is 6. The van der Waals surface area contributed by atoms with Gasteiger partial charge < -0.3 is 97.7 Å². The standard InChI is InChI=1S/C20H20ClN3O3.C19H18ClN3O3.C17H23N3O4.C12H15N3O2.C9H11NO2.C8H7NO.C7H4Cl2O.C7H13NO4.H3NO/c1-20(2,24(3)18(25)14-5-9-15(21)10-6-14)19-22-17(23-27-19)13-7-11-16(26-4)12-8-13;1-19(2,22-17(24)13-4-8-14(20)9-5-13)18-21-16(23-26-18)12-6-10-15(25-3)11-7-12;1-16(2,3)23-15(21)19-17(4,5)14-18-13(20-24-14)11-7-9-12(22-6)10-8-11;1-12(2,13)11-14-10(15-17-11)8-4-6-9(16-3)7-5-8;1-12-8-4-2-7(3-5-8)9(10)6-11;1-10-8-4-2-7(6-9)3-5-8;8-6-3-1-5(2-4-6)7(9)10;1-7(2,3)12-6(10)8-4-11-5-9;1-2/h5-12H,1-4H3;4-11H,1-3H3,(H,22,24);7-10H,1-6H3,(H,19,21);4-7H,13H2,1-3H3;2-5,10-11H,6H2,1H3;2-5H,1H3;1-4H;5H,4H2,1-3H3,(H,8,10);2H,1H2. The van der Waals surface area contributed by atoms with Gasteiger partial charge in [0.05, 0.1) is 72.1 Å². The maximum Gasteiger partial charge on any atom is 0.410 e. The van der Waals surface area contributed by atoms with Gasteiger partial charge in [0.1, 0.15) is 62.3 Å². The highest BCUT2D eigenvalue weighted by Crippen LogP contribution is 2.33. The van der Waals surface area contributed by atoms with E-state index in [9.17, 15) is 28.8 Å². The fourth-order valence-corrected chi connectivity index (χ4v) is 11.2. The van der Waals surface area contributed by atoms with Gasteiger partial charge in [-0.1, -0.05) is 55.4 Å². The first kappa shape index (κ1) is 116. The van der Waals surface area contributed by atoms with Crippen LogP contribution in [0.3, 0.4) is 0 Å². The Morgan fingerprint density at radius 1 is 0.436 bits per heavy atom. The van der Waals surface area contributed by atoms with Crippen LogP contribution in [-0.4, -0.2) is 171 Å². The van der Waals surface area contributed by atoms with Gasteiger partial charge in [-0.15, -0.1) is 0 Å². The average molecular weight is 2010 g/mol. The van der Waals surface area contributed by atoms with Crippen LogP contribution in [0.4, 0.5) is 9.59 Å². The molecule has 13 aromatic rings. The van der Waals surface area contributed by atoms with Crippen molar-refractivity contribution in [2.75, 3.05) is 63.0 Å². The number of nitrogens with two attached hydrogens (primary N) is 2. The summed E-state index contributed by atoms with van der Waals surface area (Å²) in [7, 11) is 11.3. The molecule has 0 aliphatic heterocycles. The minimum Gasteiger partial charge on any atom is -0.497 e. The molecule has 13 rings (SSSR count). The highest BCUT2D eigenvalue weighted by Gasteiger charge is 2.37. The summed E-state index contributed by atoms with van der Waals surface area (Å²) in [6.07, 6.45) is -1.15. The lowest BCUT2D eigenvalue weighted by molar-refractivity contribution is -0.129. The number of hydrogen-bond donors (Lipinski definition) is 8. The Morgan fingerprint density at radius 2 is 0.729 bits per heavy atom. The molecule has 0 atom stereocenters. The number of carbonyl (C=O) groups is 6. The number of rotatable bonds is 25. The van der Waals surface area contributed by atoms with Crippen LogP contribution >= 0.6 is 46.4 Å². The first-order valence-corrected chi connectivity index (χ1v) is 43.6. The topological polar surface area (TPSA) is 521 Å². The number of nitriles is 1. The molecule has 0 radical (unpaired) electrons. The number of alkyl carbamates (subject to hydrolysis) is 2. The number of nitrogens with one attached hydrogen (secondary N) is 4. The molecule has 0 spiro atoms. The second kappa shape index (κ2) is 55.5. The highest BCUT2D eigenvalue weighted by atomic mass is 35.5. The van der Waals surface area contributed by atoms with E-state index in [1.54, 1.807) is 245 Å². The third-order valence-corrected chi connectivity index (χ3v) is 19.4. The van der Waals surface area contributed by atoms with Crippen LogP contribution in [0.5, 0.6) is 34.5 Å². The van der Waals surface area contributed by atoms with E-state index >= 15 is 0 Å². The number of aliphatic hydroxyl groups excluding tert-OH is 1. The van der Waals surface area contributed by atoms with Gasteiger partial charge >= 0.3 is 12.2 Å². The van der Waals surface area contributed by atoms with Gasteiger partial charge in [0, 0.05) is 61.1 Å². The lowest BCUT2D eigenvalue weighted by atomic mass is 10.0. The summed E-state index contributed by atoms with van der Waals surface area (Å²) in [5.41, 5.74) is 7.97. The number of hydrogen-bond acceptors (Lipinski definition) is 33. The quantitative estimate of drug-likeness (QED) is 0.00501. The van der Waals surface area contributed by atoms with E-state index in [0.717, 1.165) is 62.3 Å². The zero-order valence-electron chi connectivity index (χ0n) is 81.1. The Hall–Kier alpha value is -14.9. The number of ether oxygens (including phenoxy) is 9. The van der Waals surface area contributed by atoms with E-state index < -0.39 is 50.8 Å². The molecular weight excluding hydrogens is 1890 g/mol. The van der Waals surface area contributed by atoms with E-state index in [-0.39, 0.29) is 37.3 Å². The number of halogens is 4. The second-order valence-electron chi connectivity index (χ2n) is 33.2. The van der Waals surface area contributed by atoms with E-state index in [0.29, 0.717) is 84.2 Å². The van der Waals surface area contributed by atoms with Crippen molar-refractivity contribution in [1.29, 1.82) is 10.7 Å². The van der Waals surface area contributed by atoms with Crippen LogP contribution < -0.4 is 56.0 Å². The molecular formula is C99H114Cl4N16O21. The van der Waals surface area contributed by atoms with E-state index in [2.05, 4.69) is 67.1 Å². The Labute approximate surface area is 830 Å². The summed E-state index contributed by atoms with van der Waals surface area (Å²) in [6, 6.07) is 65.2. The number of methoxy groups -OCH3 is 6. The lowest BCUT2D eigenvalue weighted by Crippen LogP contribution is -2.44. The molecule has 0 saturated carbocycles. The maximum atomic E-state index is 12.8. The van der Waals surface area contributed by atoms with Crippen molar-refractivity contribution in [1.82, 2.24) is 61.4 Å². The molecule has 0 bridgehead atoms. The zero-order valence-corrected chi connectivity index (χ0v) is 84.1. The first-order valence-electron chi connectivity index (χ1n) is 42.1. The van der Waals surface area contributed by atoms with Gasteiger partial charge in [0.25, 0.3) is 41.2 Å². The SMILES string of the molecule is CC(C)(C)OC(=O)NCOC=O.COc1ccc(-c2noc(C(C)(C)N(C)C(=O)c3ccc(Cl)cc3)n2)cc1.COc1ccc(-c2noc(C(C)(C)N)n2)cc1.COc1ccc(-c2noc(C(C)(C)NC(=O)OC(C)(C)C)n2)cc1.COc1ccc(-c2noc(C(C)(C)NC(=O)c3ccc(Cl)cc3)n2)cc1.COc1ccc(C#N)cc1.COc1ccc(C(=N)CO)cc1.NO.O=C(Cl)c1ccc(Cl)cc1. The van der Waals surface area contributed by atoms with Crippen molar-refractivity contribution in [2.45, 2.75) is 130 Å². The number of nitrogens with zero attached hydrogens (tertiary/aromatic N) is 10. The summed E-state index contributed by atoms with van der Waals surface area (Å²) in [6.45, 7) is 24.9. The van der Waals surface area contributed by atoms with Crippen LogP contribution in [0.2, 0.25) is 15.1 Å². The van der Waals surface area contributed by atoms with Crippen molar-refractivity contribution in [3.05, 3.63) is 285 Å². The van der Waals surface area contributed by atoms with Gasteiger partial charge in [0.2, 0.25) is 29.2 Å². The van der Waals surface area contributed by atoms with Gasteiger partial charge in [-0.2, -0.15) is 25.2 Å². The molecule has 4 aromatic heterocycles. The molecule has 0 aliphatic carbocycles. The Kier molecular flexibility index (Phi) is 45.8. The molecule has 0 fully saturated rings. The minimum atomic E-state index is -0.861. The summed E-state index contributed by atoms with van der Waals surface area (Å²) in [4.78, 5) is 87.2. The predicted octanol–water partition coefficient (Wildman–Crippen LogP) is 19.2. The Balaban J connectivity index is 0.000000289. The fourth-order valence-electron chi connectivity index (χ4n) is 10.7. The highest BCUT2D eigenvalue weighted by molar-refractivity contribution is 6.67. The van der Waals surface area contributed by atoms with Crippen LogP contribution in [0.1, 0.15) is 163 Å². The number of aliphatic hydroxyl groups is 1. The fraction of sp³-hybridized carbons (Fsp3) is 0.293. The molecule has 744 valence electrons. The van der Waals surface area contributed by atoms with E-state index in [4.69, 9.17) is 129 Å². The van der Waals surface area contributed by atoms with Gasteiger partial charge in [-0.05, 0) is 332 Å². The molecule has 9 aromatic carbocycles. The molecule has 0 aliphatic rings. The van der Waals surface area contributed by atoms with Gasteiger partial charge in [-0.25, -0.2) is 15.5 Å². The average Bonchev–Trinajstić information content (AvgIpc) is 1.69. The number of benzene rings is 9. The lowest BCUT2D eigenvalue weighted by Gasteiger charge is -2.32. The summed E-state index contributed by atoms with van der Waals surface area (Å²) in [5.74, 6) is 10.9. The van der Waals surface area contributed by atoms with E-state index in [1.165, 1.54) is 0 Å². The largest absolute Gasteiger partial charge is 0.497 e. The molecule has 140 heavy (non-hydrogen) atoms. The molecule has 4 heterocycles. The molecule has 4 amide bonds. The molecule has 10 N–H and O–H groups in total. The molecule has 0 saturated heterocycles. The van der Waals surface area contributed by atoms with Gasteiger partial charge in [0.15, 0.2) is 6.73 Å². The second-order valence-corrected chi connectivity index (χ2v) is 34.8. The van der Waals surface area contributed by atoms with Crippen LogP contribution in [-0.2, 0) is 41.2 Å². The molecule has 37 nitrogen and oxygen atoms in total. The Morgan fingerprint density at radius 3 is 1.04 bits per heavy atom. The van der Waals surface area contributed by atoms with Crippen molar-refractivity contribution >= 4 is 87.8 Å². The minimum absolute atomic E-state index is 0.166. The molecule has 41 heteroatoms. The van der Waals surface area contributed by atoms with Crippen LogP contribution in [0.15, 0.2) is 236 Å². The third kappa shape index (κ3) is 38.6. The number of aromatic nitrogens is 8. The van der Waals surface area contributed by atoms with Crippen molar-refractivity contribution < 1.29 is 99.8 Å². The van der Waals surface area contributed by atoms with Crippen LogP contribution in [0, 0.1) is 16.7 Å².